The lowest BCUT2D eigenvalue weighted by Gasteiger charge is -2.41. The molecule has 478 valence electrons. The van der Waals surface area contributed by atoms with Crippen LogP contribution in [0.15, 0.2) is 150 Å². The number of anilines is 7. The Morgan fingerprint density at radius 3 is 1.39 bits per heavy atom. The van der Waals surface area contributed by atoms with Gasteiger partial charge in [-0.25, -0.2) is 20.4 Å². The summed E-state index contributed by atoms with van der Waals surface area (Å²) >= 11 is 3.98. The van der Waals surface area contributed by atoms with E-state index in [1.54, 1.807) is 61.9 Å². The first-order chi connectivity index (χ1) is 45.2. The van der Waals surface area contributed by atoms with Gasteiger partial charge in [-0.2, -0.15) is 4.79 Å². The van der Waals surface area contributed by atoms with Crippen molar-refractivity contribution in [2.75, 3.05) is 102 Å². The van der Waals surface area contributed by atoms with E-state index in [-0.39, 0.29) is 40.9 Å². The number of hydrogen-bond donors (Lipinski definition) is 10. The van der Waals surface area contributed by atoms with E-state index in [1.165, 1.54) is 38.8 Å². The highest BCUT2D eigenvalue weighted by Gasteiger charge is 2.43. The van der Waals surface area contributed by atoms with Gasteiger partial charge in [-0.1, -0.05) is 48.5 Å². The van der Waals surface area contributed by atoms with Crippen molar-refractivity contribution in [1.29, 1.82) is 0 Å². The van der Waals surface area contributed by atoms with Crippen molar-refractivity contribution in [2.24, 2.45) is 5.73 Å². The Morgan fingerprint density at radius 2 is 0.914 bits per heavy atom. The van der Waals surface area contributed by atoms with Crippen LogP contribution in [0.2, 0.25) is 0 Å². The summed E-state index contributed by atoms with van der Waals surface area (Å²) in [4.78, 5) is 107. The molecule has 0 unspecified atom stereocenters. The maximum absolute atomic E-state index is 14.1. The van der Waals surface area contributed by atoms with Crippen LogP contribution in [0, 0.1) is 0 Å². The van der Waals surface area contributed by atoms with Gasteiger partial charge in [0, 0.05) is 85.1 Å². The molecule has 3 saturated heterocycles. The minimum Gasteiger partial charge on any atom is -0.370 e. The number of nitrogens with zero attached hydrogens (tertiary/aromatic N) is 9. The molecule has 28 heteroatoms. The molecule has 3 aliphatic heterocycles. The number of carbonyl (C=O) groups excluding carboxylic acids is 6. The Bertz CT molecular complexity index is 4200. The summed E-state index contributed by atoms with van der Waals surface area (Å²) in [7, 11) is 5.30. The molecule has 6 amide bonds. The molecule has 11 N–H and O–H groups in total. The molecule has 3 fully saturated rings. The van der Waals surface area contributed by atoms with Gasteiger partial charge in [0.15, 0.2) is 0 Å². The molecule has 9 aromatic rings. The molecule has 0 saturated carbocycles. The summed E-state index contributed by atoms with van der Waals surface area (Å²) in [5, 5.41) is 30.4. The number of pyridine rings is 1. The standard InChI is InChI=1S/C65H69N19O6S3/c1-67-63(60(66)88)22-31-81(32-23-63)51-16-7-4-13-44(51)72-55(86)49-39-92-58(75-49)42-11-10-12-43(37-42)77-78-61(89)64(68-2)24-33-82(34-25-64)52-17-8-6-15-46(52)73-56(87)50-40-93-59(76-50)47-21-30-84(79-47)80-62(90)65(69-3)26-35-83(36-27-65)53-18-9-5-14-45(53)71-54(85)48-38-91-57(74-48)41-19-28-70-29-20-41/h4-21,28-30,37-40,67-69,77H,22-27,31-36H2,1-3H3,(H2,66,88)(H,71,85)(H,72,86)(H,73,87)(H,78,89)(H,80,90). The van der Waals surface area contributed by atoms with Gasteiger partial charge < -0.3 is 52.3 Å². The van der Waals surface area contributed by atoms with Crippen molar-refractivity contribution >= 4 is 109 Å². The summed E-state index contributed by atoms with van der Waals surface area (Å²) in [6, 6.07) is 35.6. The van der Waals surface area contributed by atoms with Gasteiger partial charge in [-0.05, 0) is 126 Å². The largest absolute Gasteiger partial charge is 0.370 e. The van der Waals surface area contributed by atoms with Gasteiger partial charge in [0.1, 0.15) is 54.4 Å². The van der Waals surface area contributed by atoms with Crippen molar-refractivity contribution in [1.82, 2.24) is 51.2 Å². The molecule has 3 aliphatic rings. The fourth-order valence-electron chi connectivity index (χ4n) is 12.0. The second-order valence-electron chi connectivity index (χ2n) is 22.8. The van der Waals surface area contributed by atoms with Gasteiger partial charge >= 0.3 is 0 Å². The predicted molar refractivity (Wildman–Crippen MR) is 364 cm³/mol. The number of para-hydroxylation sites is 6. The number of primary amides is 1. The Kier molecular flexibility index (Phi) is 18.7. The number of rotatable bonds is 21. The van der Waals surface area contributed by atoms with Crippen LogP contribution in [-0.4, -0.2) is 142 Å². The first kappa shape index (κ1) is 63.2. The highest BCUT2D eigenvalue weighted by Crippen LogP contribution is 2.37. The van der Waals surface area contributed by atoms with Crippen molar-refractivity contribution in [3.05, 3.63) is 167 Å². The average molecular weight is 1310 g/mol. The number of amides is 6. The first-order valence-corrected chi connectivity index (χ1v) is 33.0. The van der Waals surface area contributed by atoms with Crippen LogP contribution in [0.3, 0.4) is 0 Å². The SMILES string of the molecule is CNC1(C(N)=O)CCN(c2ccccc2NC(=O)c2csc(-c3cccc(NNC(=O)C4(NC)CCN(c5ccccc5NC(=O)c5csc(-c6ccn(NC(=O)C7(NC)CCN(c8ccccc8NC(=O)c8csc(-c9ccncc9)n8)CC7)n6)n5)CC4)c3)n2)CC1. The minimum atomic E-state index is -0.912. The highest BCUT2D eigenvalue weighted by molar-refractivity contribution is 7.14. The fraction of sp³-hybridized carbons (Fsp3) is 0.277. The van der Waals surface area contributed by atoms with Gasteiger partial charge in [-0.3, -0.25) is 44.6 Å². The molecule has 93 heavy (non-hydrogen) atoms. The molecular weight excluding hydrogens is 1240 g/mol. The number of hydrogen-bond acceptors (Lipinski definition) is 21. The normalized spacial score (nSPS) is 15.8. The lowest BCUT2D eigenvalue weighted by molar-refractivity contribution is -0.128. The molecule has 0 aliphatic carbocycles. The molecule has 0 atom stereocenters. The number of aromatic nitrogens is 6. The third-order valence-electron chi connectivity index (χ3n) is 17.7. The van der Waals surface area contributed by atoms with Crippen LogP contribution in [-0.2, 0) is 14.4 Å². The van der Waals surface area contributed by atoms with Crippen LogP contribution in [0.25, 0.3) is 31.8 Å². The second kappa shape index (κ2) is 27.5. The summed E-state index contributed by atoms with van der Waals surface area (Å²) in [6.45, 7) is 3.22. The maximum Gasteiger partial charge on any atom is 0.275 e. The van der Waals surface area contributed by atoms with Gasteiger partial charge in [0.2, 0.25) is 5.91 Å². The number of benzene rings is 4. The number of nitrogens with one attached hydrogen (secondary N) is 9. The van der Waals surface area contributed by atoms with Crippen LogP contribution >= 0.6 is 34.0 Å². The Hall–Kier alpha value is -9.97. The zero-order valence-corrected chi connectivity index (χ0v) is 53.6. The molecular formula is C65H69N19O6S3. The van der Waals surface area contributed by atoms with Crippen molar-refractivity contribution in [3.8, 4) is 31.8 Å². The highest BCUT2D eigenvalue weighted by atomic mass is 32.1. The van der Waals surface area contributed by atoms with E-state index in [1.807, 2.05) is 109 Å². The summed E-state index contributed by atoms with van der Waals surface area (Å²) in [6.07, 6.45) is 7.92. The van der Waals surface area contributed by atoms with E-state index in [0.29, 0.717) is 122 Å². The fourth-order valence-corrected chi connectivity index (χ4v) is 14.4. The maximum atomic E-state index is 14.1. The zero-order valence-electron chi connectivity index (χ0n) is 51.2. The van der Waals surface area contributed by atoms with Gasteiger partial charge in [0.25, 0.3) is 29.5 Å². The number of likely N-dealkylation sites (N-methyl/N-ethyl adjacent to an activating group) is 3. The van der Waals surface area contributed by atoms with Crippen LogP contribution in [0.5, 0.6) is 0 Å². The van der Waals surface area contributed by atoms with Crippen LogP contribution in [0.1, 0.15) is 70.0 Å². The third-order valence-corrected chi connectivity index (χ3v) is 20.3. The number of nitrogens with two attached hydrogens (primary N) is 1. The van der Waals surface area contributed by atoms with Gasteiger partial charge in [0.05, 0.1) is 39.8 Å². The quantitative estimate of drug-likeness (QED) is 0.0312. The number of thiazole rings is 3. The zero-order chi connectivity index (χ0) is 64.7. The summed E-state index contributed by atoms with van der Waals surface area (Å²) in [5.74, 6) is -1.95. The van der Waals surface area contributed by atoms with Crippen LogP contribution < -0.4 is 68.6 Å². The second-order valence-corrected chi connectivity index (χ2v) is 25.4. The lowest BCUT2D eigenvalue weighted by atomic mass is 9.86. The van der Waals surface area contributed by atoms with E-state index >= 15 is 0 Å². The van der Waals surface area contributed by atoms with Crippen LogP contribution in [0.4, 0.5) is 39.8 Å². The topological polar surface area (TPSA) is 316 Å². The van der Waals surface area contributed by atoms with E-state index in [9.17, 15) is 28.8 Å². The third kappa shape index (κ3) is 13.5. The lowest BCUT2D eigenvalue weighted by Crippen LogP contribution is -2.61. The van der Waals surface area contributed by atoms with E-state index in [4.69, 9.17) is 5.73 Å². The van der Waals surface area contributed by atoms with Crippen molar-refractivity contribution in [3.63, 3.8) is 0 Å². The van der Waals surface area contributed by atoms with E-state index < -0.39 is 22.5 Å². The average Bonchev–Trinajstić information content (AvgIpc) is 2.09. The summed E-state index contributed by atoms with van der Waals surface area (Å²) in [5.41, 5.74) is 20.0. The minimum absolute atomic E-state index is 0.198. The number of piperidine rings is 3. The van der Waals surface area contributed by atoms with Crippen molar-refractivity contribution in [2.45, 2.75) is 55.1 Å². The number of hydrazine groups is 1. The van der Waals surface area contributed by atoms with E-state index in [0.717, 1.165) is 33.2 Å². The Labute approximate surface area is 548 Å². The number of carbonyl (C=O) groups is 6. The Morgan fingerprint density at radius 1 is 0.484 bits per heavy atom. The molecule has 5 aromatic heterocycles. The molecule has 0 radical (unpaired) electrons. The molecule has 0 bridgehead atoms. The first-order valence-electron chi connectivity index (χ1n) is 30.3. The predicted octanol–water partition coefficient (Wildman–Crippen LogP) is 7.48. The molecule has 8 heterocycles. The van der Waals surface area contributed by atoms with Gasteiger partial charge in [-0.15, -0.1) is 39.1 Å². The molecule has 12 rings (SSSR count). The molecule has 25 nitrogen and oxygen atoms in total. The molecule has 0 spiro atoms. The van der Waals surface area contributed by atoms with Crippen molar-refractivity contribution < 1.29 is 28.8 Å². The Balaban J connectivity index is 0.611. The molecule has 4 aromatic carbocycles. The van der Waals surface area contributed by atoms with E-state index in [2.05, 4.69) is 87.9 Å². The summed E-state index contributed by atoms with van der Waals surface area (Å²) < 4.78 is 0. The monoisotopic (exact) mass is 1310 g/mol. The smallest absolute Gasteiger partial charge is 0.275 e.